The maximum atomic E-state index is 10.0. The van der Waals surface area contributed by atoms with Crippen molar-refractivity contribution in [1.82, 2.24) is 0 Å². The van der Waals surface area contributed by atoms with Crippen molar-refractivity contribution in [3.63, 3.8) is 0 Å². The number of ether oxygens (including phenoxy) is 2. The normalized spacial score (nSPS) is 13.1. The van der Waals surface area contributed by atoms with Gasteiger partial charge in [0.1, 0.15) is 18.0 Å². The molecule has 1 rings (SSSR count). The molecule has 0 saturated heterocycles. The van der Waals surface area contributed by atoms with Gasteiger partial charge in [-0.25, -0.2) is 0 Å². The first-order valence-corrected chi connectivity index (χ1v) is 8.26. The Morgan fingerprint density at radius 2 is 1.91 bits per heavy atom. The molecule has 0 bridgehead atoms. The Hall–Kier alpha value is -1.10. The lowest BCUT2D eigenvalue weighted by Crippen LogP contribution is -2.38. The van der Waals surface area contributed by atoms with Gasteiger partial charge in [0.15, 0.2) is 0 Å². The highest BCUT2D eigenvalue weighted by molar-refractivity contribution is 5.30. The van der Waals surface area contributed by atoms with Gasteiger partial charge in [-0.3, -0.25) is 0 Å². The quantitative estimate of drug-likeness (QED) is 0.657. The predicted octanol–water partition coefficient (Wildman–Crippen LogP) is 3.43. The van der Waals surface area contributed by atoms with Gasteiger partial charge in [0.05, 0.1) is 6.10 Å². The zero-order valence-electron chi connectivity index (χ0n) is 14.2. The van der Waals surface area contributed by atoms with Crippen LogP contribution in [0.3, 0.4) is 0 Å². The van der Waals surface area contributed by atoms with E-state index in [-0.39, 0.29) is 5.60 Å². The van der Waals surface area contributed by atoms with Crippen molar-refractivity contribution in [2.75, 3.05) is 20.3 Å². The highest BCUT2D eigenvalue weighted by Crippen LogP contribution is 2.27. The zero-order chi connectivity index (χ0) is 16.4. The number of methoxy groups -OCH3 is 1. The van der Waals surface area contributed by atoms with Gasteiger partial charge in [0.2, 0.25) is 0 Å². The van der Waals surface area contributed by atoms with E-state index in [2.05, 4.69) is 13.8 Å². The summed E-state index contributed by atoms with van der Waals surface area (Å²) in [6, 6.07) is 7.60. The molecule has 4 nitrogen and oxygen atoms in total. The molecule has 4 heteroatoms. The number of aliphatic hydroxyl groups is 1. The van der Waals surface area contributed by atoms with Gasteiger partial charge in [-0.15, -0.1) is 0 Å². The SMILES string of the molecule is CCCC(CCC)(COc1cccc(C(O)CCN)c1)OC. The molecule has 3 N–H and O–H groups in total. The third-order valence-corrected chi connectivity index (χ3v) is 4.03. The number of hydrogen-bond donors (Lipinski definition) is 2. The third-order valence-electron chi connectivity index (χ3n) is 4.03. The average Bonchev–Trinajstić information content (AvgIpc) is 2.53. The monoisotopic (exact) mass is 309 g/mol. The molecule has 1 atom stereocenters. The highest BCUT2D eigenvalue weighted by Gasteiger charge is 2.29. The van der Waals surface area contributed by atoms with E-state index in [1.54, 1.807) is 7.11 Å². The van der Waals surface area contributed by atoms with Gasteiger partial charge in [-0.1, -0.05) is 38.8 Å². The van der Waals surface area contributed by atoms with Crippen molar-refractivity contribution in [2.24, 2.45) is 5.73 Å². The van der Waals surface area contributed by atoms with Crippen LogP contribution in [0, 0.1) is 0 Å². The van der Waals surface area contributed by atoms with Gasteiger partial charge in [0, 0.05) is 7.11 Å². The molecule has 126 valence electrons. The van der Waals surface area contributed by atoms with Crippen LogP contribution < -0.4 is 10.5 Å². The van der Waals surface area contributed by atoms with Crippen molar-refractivity contribution in [3.05, 3.63) is 29.8 Å². The first-order valence-electron chi connectivity index (χ1n) is 8.26. The summed E-state index contributed by atoms with van der Waals surface area (Å²) in [4.78, 5) is 0. The van der Waals surface area contributed by atoms with E-state index >= 15 is 0 Å². The van der Waals surface area contributed by atoms with E-state index in [1.807, 2.05) is 24.3 Å². The molecule has 22 heavy (non-hydrogen) atoms. The molecule has 0 saturated carbocycles. The standard InChI is InChI=1S/C18H31NO3/c1-4-10-18(21-3,11-5-2)14-22-16-8-6-7-15(13-16)17(20)9-12-19/h6-8,13,17,20H,4-5,9-12,14,19H2,1-3H3. The highest BCUT2D eigenvalue weighted by atomic mass is 16.5. The lowest BCUT2D eigenvalue weighted by molar-refractivity contribution is -0.0572. The topological polar surface area (TPSA) is 64.7 Å². The lowest BCUT2D eigenvalue weighted by Gasteiger charge is -2.32. The fraction of sp³-hybridized carbons (Fsp3) is 0.667. The van der Waals surface area contributed by atoms with E-state index in [9.17, 15) is 5.11 Å². The van der Waals surface area contributed by atoms with Crippen LogP contribution in [0.15, 0.2) is 24.3 Å². The van der Waals surface area contributed by atoms with Crippen molar-refractivity contribution >= 4 is 0 Å². The van der Waals surface area contributed by atoms with E-state index in [4.69, 9.17) is 15.2 Å². The minimum atomic E-state index is -0.535. The van der Waals surface area contributed by atoms with Crippen molar-refractivity contribution in [1.29, 1.82) is 0 Å². The van der Waals surface area contributed by atoms with Gasteiger partial charge in [-0.05, 0) is 43.5 Å². The fourth-order valence-electron chi connectivity index (χ4n) is 2.79. The number of nitrogens with two attached hydrogens (primary N) is 1. The van der Waals surface area contributed by atoms with Crippen LogP contribution in [0.4, 0.5) is 0 Å². The maximum Gasteiger partial charge on any atom is 0.119 e. The Morgan fingerprint density at radius 1 is 1.23 bits per heavy atom. The Kier molecular flexibility index (Phi) is 8.46. The molecular formula is C18H31NO3. The summed E-state index contributed by atoms with van der Waals surface area (Å²) in [7, 11) is 1.76. The molecule has 1 unspecified atom stereocenters. The van der Waals surface area contributed by atoms with Crippen molar-refractivity contribution in [2.45, 2.75) is 57.7 Å². The summed E-state index contributed by atoms with van der Waals surface area (Å²) >= 11 is 0. The molecule has 1 aromatic carbocycles. The molecule has 0 heterocycles. The molecule has 0 aliphatic carbocycles. The number of rotatable bonds is 11. The van der Waals surface area contributed by atoms with Gasteiger partial charge in [-0.2, -0.15) is 0 Å². The average molecular weight is 309 g/mol. The number of benzene rings is 1. The Labute approximate surface area is 134 Å². The maximum absolute atomic E-state index is 10.0. The molecule has 0 aromatic heterocycles. The largest absolute Gasteiger partial charge is 0.491 e. The summed E-state index contributed by atoms with van der Waals surface area (Å²) < 4.78 is 11.7. The second kappa shape index (κ2) is 9.82. The molecule has 0 aliphatic heterocycles. The van der Waals surface area contributed by atoms with Gasteiger partial charge < -0.3 is 20.3 Å². The molecule has 0 amide bonds. The van der Waals surface area contributed by atoms with Crippen LogP contribution in [-0.4, -0.2) is 31.0 Å². The van der Waals surface area contributed by atoms with Crippen LogP contribution in [0.2, 0.25) is 0 Å². The fourth-order valence-corrected chi connectivity index (χ4v) is 2.79. The van der Waals surface area contributed by atoms with Crippen LogP contribution in [0.5, 0.6) is 5.75 Å². The third kappa shape index (κ3) is 5.59. The van der Waals surface area contributed by atoms with E-state index < -0.39 is 6.10 Å². The Bertz CT molecular complexity index is 417. The van der Waals surface area contributed by atoms with E-state index in [0.29, 0.717) is 19.6 Å². The molecule has 0 spiro atoms. The summed E-state index contributed by atoms with van der Waals surface area (Å²) in [5.74, 6) is 0.766. The molecule has 0 aliphatic rings. The summed E-state index contributed by atoms with van der Waals surface area (Å²) in [5, 5.41) is 10.0. The van der Waals surface area contributed by atoms with Crippen LogP contribution >= 0.6 is 0 Å². The second-order valence-corrected chi connectivity index (χ2v) is 5.84. The molecule has 0 fully saturated rings. The van der Waals surface area contributed by atoms with Crippen LogP contribution in [-0.2, 0) is 4.74 Å². The van der Waals surface area contributed by atoms with Crippen molar-refractivity contribution < 1.29 is 14.6 Å². The van der Waals surface area contributed by atoms with Gasteiger partial charge in [0.25, 0.3) is 0 Å². The first-order chi connectivity index (χ1) is 10.6. The summed E-state index contributed by atoms with van der Waals surface area (Å²) in [6.45, 7) is 5.31. The first kappa shape index (κ1) is 18.9. The Morgan fingerprint density at radius 3 is 2.45 bits per heavy atom. The second-order valence-electron chi connectivity index (χ2n) is 5.84. The Balaban J connectivity index is 2.74. The lowest BCUT2D eigenvalue weighted by atomic mass is 9.93. The number of aliphatic hydroxyl groups excluding tert-OH is 1. The van der Waals surface area contributed by atoms with Crippen molar-refractivity contribution in [3.8, 4) is 5.75 Å². The molecule has 0 radical (unpaired) electrons. The minimum Gasteiger partial charge on any atom is -0.491 e. The molecule has 1 aromatic rings. The predicted molar refractivity (Wildman–Crippen MR) is 90.1 cm³/mol. The van der Waals surface area contributed by atoms with Crippen LogP contribution in [0.1, 0.15) is 57.6 Å². The van der Waals surface area contributed by atoms with E-state index in [0.717, 1.165) is 37.0 Å². The molecular weight excluding hydrogens is 278 g/mol. The summed E-state index contributed by atoms with van der Waals surface area (Å²) in [6.07, 6.45) is 4.10. The smallest absolute Gasteiger partial charge is 0.119 e. The van der Waals surface area contributed by atoms with E-state index in [1.165, 1.54) is 0 Å². The summed E-state index contributed by atoms with van der Waals surface area (Å²) in [5.41, 5.74) is 6.12. The minimum absolute atomic E-state index is 0.227. The number of hydrogen-bond acceptors (Lipinski definition) is 4. The van der Waals surface area contributed by atoms with Crippen LogP contribution in [0.25, 0.3) is 0 Å². The van der Waals surface area contributed by atoms with Gasteiger partial charge >= 0.3 is 0 Å². The zero-order valence-corrected chi connectivity index (χ0v) is 14.2.